The molecule has 1 nitrogen and oxygen atoms in total. The van der Waals surface area contributed by atoms with E-state index in [9.17, 15) is 0 Å². The zero-order chi connectivity index (χ0) is 6.69. The smallest absolute Gasteiger partial charge is 0.389 e. The summed E-state index contributed by atoms with van der Waals surface area (Å²) < 4.78 is 0. The third kappa shape index (κ3) is 1.54. The van der Waals surface area contributed by atoms with E-state index in [1.165, 1.54) is 0 Å². The minimum atomic E-state index is -0.341. The number of hydrogen-bond acceptors (Lipinski definition) is 1. The van der Waals surface area contributed by atoms with Crippen molar-refractivity contribution in [3.05, 3.63) is 35.9 Å². The molecule has 0 bridgehead atoms. The highest BCUT2D eigenvalue weighted by Crippen LogP contribution is 2.08. The molecule has 0 radical (unpaired) electrons. The molecule has 1 atom stereocenters. The Balaban J connectivity index is 0.000000810. The lowest BCUT2D eigenvalue weighted by Crippen LogP contribution is -1.87. The van der Waals surface area contributed by atoms with Gasteiger partial charge in [-0.3, -0.25) is 0 Å². The Bertz CT molecular complexity index is 172. The summed E-state index contributed by atoms with van der Waals surface area (Å²) in [6.07, 6.45) is -0.341. The highest BCUT2D eigenvalue weighted by molar-refractivity contribution is 5.16. The molecule has 0 saturated heterocycles. The van der Waals surface area contributed by atoms with Gasteiger partial charge in [0.2, 0.25) is 0 Å². The molecule has 0 amide bonds. The van der Waals surface area contributed by atoms with Crippen molar-refractivity contribution in [1.29, 1.82) is 0 Å². The van der Waals surface area contributed by atoms with Gasteiger partial charge in [-0.1, -0.05) is 30.3 Å². The molecule has 0 aliphatic heterocycles. The van der Waals surface area contributed by atoms with E-state index in [-0.39, 0.29) is 7.53 Å². The highest BCUT2D eigenvalue weighted by atomic mass is 16.3. The van der Waals surface area contributed by atoms with E-state index in [1.807, 2.05) is 30.3 Å². The highest BCUT2D eigenvalue weighted by Gasteiger charge is 1.95. The van der Waals surface area contributed by atoms with Crippen LogP contribution in [-0.2, 0) is 0 Å². The molecule has 9 heavy (non-hydrogen) atoms. The fourth-order valence-electron chi connectivity index (χ4n) is 0.732. The first-order chi connectivity index (χ1) is 4.30. The van der Waals surface area contributed by atoms with E-state index in [1.54, 1.807) is 6.92 Å². The molecule has 0 saturated carbocycles. The van der Waals surface area contributed by atoms with Crippen LogP contribution in [0.1, 0.15) is 20.0 Å². The molecular weight excluding hydrogens is 112 g/mol. The Hall–Kier alpha value is -0.820. The van der Waals surface area contributed by atoms with Crippen LogP contribution in [0.25, 0.3) is 0 Å². The van der Waals surface area contributed by atoms with E-state index >= 15 is 0 Å². The van der Waals surface area contributed by atoms with Gasteiger partial charge in [-0.15, -0.1) is 0 Å². The van der Waals surface area contributed by atoms with Gasteiger partial charge in [0.15, 0.2) is 0 Å². The lowest BCUT2D eigenvalue weighted by Gasteiger charge is -2.00. The average molecular weight is 123 g/mol. The number of aliphatic hydroxyl groups excluding tert-OH is 1. The zero-order valence-electron chi connectivity index (χ0n) is 6.41. The van der Waals surface area contributed by atoms with Crippen molar-refractivity contribution < 1.29 is 6.53 Å². The van der Waals surface area contributed by atoms with Crippen LogP contribution >= 0.6 is 0 Å². The summed E-state index contributed by atoms with van der Waals surface area (Å²) in [6, 6.07) is 9.59. The molecule has 1 N–H and O–H groups in total. The summed E-state index contributed by atoms with van der Waals surface area (Å²) in [7, 11) is 0. The lowest BCUT2D eigenvalue weighted by atomic mass is 10.1. The Morgan fingerprint density at radius 3 is 2.22 bits per heavy atom. The molecule has 1 rings (SSSR count). The van der Waals surface area contributed by atoms with Gasteiger partial charge in [0, 0.05) is 0 Å². The Morgan fingerprint density at radius 2 is 1.89 bits per heavy atom. The molecule has 0 aromatic heterocycles. The first-order valence-electron chi connectivity index (χ1n) is 3.03. The predicted molar refractivity (Wildman–Crippen MR) is 38.2 cm³/mol. The maximum atomic E-state index is 9.02. The van der Waals surface area contributed by atoms with E-state index in [0.717, 1.165) is 5.56 Å². The third-order valence-corrected chi connectivity index (χ3v) is 1.28. The predicted octanol–water partition coefficient (Wildman–Crippen LogP) is 1.85. The Kier molecular flexibility index (Phi) is 1.85. The standard InChI is InChI=1S/C8H10O/c1-7(9)8-5-3-2-4-6-8/h2-7,9H,1H3/p+1. The molecule has 1 aromatic rings. The second kappa shape index (κ2) is 2.65. The SMILES string of the molecule is CC(O)c1ccccc1.[H+]. The third-order valence-electron chi connectivity index (χ3n) is 1.28. The van der Waals surface area contributed by atoms with E-state index in [4.69, 9.17) is 5.11 Å². The van der Waals surface area contributed by atoms with Crippen molar-refractivity contribution >= 4 is 0 Å². The minimum Gasteiger partial charge on any atom is -0.389 e. The van der Waals surface area contributed by atoms with Crippen LogP contribution in [0.3, 0.4) is 0 Å². The fraction of sp³-hybridized carbons (Fsp3) is 0.250. The quantitative estimate of drug-likeness (QED) is 0.604. The minimum absolute atomic E-state index is 0. The van der Waals surface area contributed by atoms with Crippen molar-refractivity contribution in [3.63, 3.8) is 0 Å². The van der Waals surface area contributed by atoms with Crippen LogP contribution in [0.15, 0.2) is 30.3 Å². The van der Waals surface area contributed by atoms with Crippen LogP contribution < -0.4 is 0 Å². The summed E-state index contributed by atoms with van der Waals surface area (Å²) in [5.74, 6) is 0. The van der Waals surface area contributed by atoms with Gasteiger partial charge in [0.25, 0.3) is 0 Å². The van der Waals surface area contributed by atoms with Crippen molar-refractivity contribution in [3.8, 4) is 0 Å². The summed E-state index contributed by atoms with van der Waals surface area (Å²) in [6.45, 7) is 1.76. The molecule has 0 aliphatic rings. The second-order valence-corrected chi connectivity index (χ2v) is 2.09. The monoisotopic (exact) mass is 123 g/mol. The molecule has 1 unspecified atom stereocenters. The maximum Gasteiger partial charge on any atom is 1.00 e. The largest absolute Gasteiger partial charge is 1.00 e. The summed E-state index contributed by atoms with van der Waals surface area (Å²) in [5, 5.41) is 9.02. The molecule has 0 fully saturated rings. The fourth-order valence-corrected chi connectivity index (χ4v) is 0.732. The zero-order valence-corrected chi connectivity index (χ0v) is 5.41. The van der Waals surface area contributed by atoms with Crippen molar-refractivity contribution in [2.45, 2.75) is 13.0 Å². The van der Waals surface area contributed by atoms with Crippen LogP contribution in [0.4, 0.5) is 0 Å². The molecule has 0 spiro atoms. The molecule has 48 valence electrons. The normalized spacial score (nSPS) is 13.1. The molecule has 1 heteroatoms. The first-order valence-corrected chi connectivity index (χ1v) is 3.03. The molecular formula is C8H11O+. The van der Waals surface area contributed by atoms with Crippen LogP contribution in [0.2, 0.25) is 0 Å². The molecule has 0 heterocycles. The van der Waals surface area contributed by atoms with Gasteiger partial charge >= 0.3 is 1.43 Å². The van der Waals surface area contributed by atoms with Gasteiger partial charge < -0.3 is 5.11 Å². The Morgan fingerprint density at radius 1 is 1.33 bits per heavy atom. The average Bonchev–Trinajstić information content (AvgIpc) is 1.90. The van der Waals surface area contributed by atoms with Crippen molar-refractivity contribution in [2.75, 3.05) is 0 Å². The van der Waals surface area contributed by atoms with Gasteiger partial charge in [0.1, 0.15) is 0 Å². The number of rotatable bonds is 1. The van der Waals surface area contributed by atoms with Gasteiger partial charge in [0.05, 0.1) is 6.10 Å². The topological polar surface area (TPSA) is 20.2 Å². The van der Waals surface area contributed by atoms with E-state index in [0.29, 0.717) is 0 Å². The number of hydrogen-bond donors (Lipinski definition) is 1. The second-order valence-electron chi connectivity index (χ2n) is 2.09. The summed E-state index contributed by atoms with van der Waals surface area (Å²) in [5.41, 5.74) is 0.970. The summed E-state index contributed by atoms with van der Waals surface area (Å²) in [4.78, 5) is 0. The first kappa shape index (κ1) is 6.30. The van der Waals surface area contributed by atoms with Crippen LogP contribution in [0, 0.1) is 0 Å². The lowest BCUT2D eigenvalue weighted by molar-refractivity contribution is 0.199. The van der Waals surface area contributed by atoms with Gasteiger partial charge in [-0.25, -0.2) is 0 Å². The van der Waals surface area contributed by atoms with Gasteiger partial charge in [-0.05, 0) is 12.5 Å². The van der Waals surface area contributed by atoms with Gasteiger partial charge in [-0.2, -0.15) is 0 Å². The number of aliphatic hydroxyl groups is 1. The van der Waals surface area contributed by atoms with Crippen molar-refractivity contribution in [1.82, 2.24) is 0 Å². The van der Waals surface area contributed by atoms with E-state index in [2.05, 4.69) is 0 Å². The Labute approximate surface area is 56.4 Å². The van der Waals surface area contributed by atoms with E-state index < -0.39 is 0 Å². The molecule has 0 aliphatic carbocycles. The summed E-state index contributed by atoms with van der Waals surface area (Å²) >= 11 is 0. The van der Waals surface area contributed by atoms with Crippen LogP contribution in [-0.4, -0.2) is 5.11 Å². The van der Waals surface area contributed by atoms with Crippen molar-refractivity contribution in [2.24, 2.45) is 0 Å². The number of benzene rings is 1. The maximum absolute atomic E-state index is 9.02. The molecule has 1 aromatic carbocycles. The van der Waals surface area contributed by atoms with Crippen LogP contribution in [0.5, 0.6) is 0 Å².